The van der Waals surface area contributed by atoms with E-state index in [0.717, 1.165) is 56.0 Å². The lowest BCUT2D eigenvalue weighted by Gasteiger charge is -2.32. The van der Waals surface area contributed by atoms with Crippen molar-refractivity contribution in [3.8, 4) is 34.4 Å². The molecule has 0 spiro atoms. The van der Waals surface area contributed by atoms with Crippen LogP contribution in [-0.2, 0) is 13.3 Å². The van der Waals surface area contributed by atoms with Gasteiger partial charge in [0.2, 0.25) is 5.82 Å². The minimum absolute atomic E-state index is 0.147. The summed E-state index contributed by atoms with van der Waals surface area (Å²) in [5, 5.41) is 12.5. The number of piperidine rings is 1. The SMILES string of the molecule is [2H]C([2H])(F)n1cc(-c2ccc3nc(-c4cccnc4N)n(-c4ccc(CN5CCC(Nc6ccnc(C#N)n6)CC5)cc4)c3n2)ccc1=O. The highest BCUT2D eigenvalue weighted by atomic mass is 19.1. The fourth-order valence-corrected chi connectivity index (χ4v) is 5.80. The molecular weight excluding hydrogens is 597 g/mol. The normalized spacial score (nSPS) is 14.8. The highest BCUT2D eigenvalue weighted by Crippen LogP contribution is 2.32. The first-order valence-corrected chi connectivity index (χ1v) is 15.0. The van der Waals surface area contributed by atoms with Crippen molar-refractivity contribution < 1.29 is 7.13 Å². The van der Waals surface area contributed by atoms with Gasteiger partial charge in [0.15, 0.2) is 18.2 Å². The maximum Gasteiger partial charge on any atom is 0.252 e. The maximum atomic E-state index is 14.2. The number of imidazole rings is 1. The first kappa shape index (κ1) is 27.3. The number of hydrogen-bond acceptors (Lipinski definition) is 10. The lowest BCUT2D eigenvalue weighted by Crippen LogP contribution is -2.38. The van der Waals surface area contributed by atoms with E-state index in [0.29, 0.717) is 50.0 Å². The number of benzene rings is 1. The number of halogens is 1. The van der Waals surface area contributed by atoms with Crippen LogP contribution in [0.5, 0.6) is 0 Å². The molecule has 6 aromatic rings. The Morgan fingerprint density at radius 3 is 2.60 bits per heavy atom. The van der Waals surface area contributed by atoms with Crippen LogP contribution in [0.15, 0.2) is 90.1 Å². The van der Waals surface area contributed by atoms with Crippen LogP contribution in [0.4, 0.5) is 16.0 Å². The molecule has 13 heteroatoms. The first-order chi connectivity index (χ1) is 23.7. The second kappa shape index (κ2) is 12.8. The molecule has 1 aromatic carbocycles. The van der Waals surface area contributed by atoms with Gasteiger partial charge < -0.3 is 11.1 Å². The Labute approximate surface area is 271 Å². The van der Waals surface area contributed by atoms with Crippen molar-refractivity contribution in [3.05, 3.63) is 107 Å². The standard InChI is InChI=1S/C34H30FN11O/c35-21-45-20-23(5-10-31(45)47)27-8-9-28-34(41-27)46(33(42-28)26-2-1-14-39-32(26)37)25-6-3-22(4-7-25)19-44-16-12-24(13-17-44)40-29-11-15-38-30(18-36)43-29/h1-11,14-15,20,24H,12-13,16-17,19,21H2,(H2,37,39)(H,38,40,43)/i21D2. The molecule has 1 fully saturated rings. The average Bonchev–Trinajstić information content (AvgIpc) is 3.48. The molecular formula is C34H30FN11O. The minimum atomic E-state index is -3.38. The molecule has 0 unspecified atom stereocenters. The van der Waals surface area contributed by atoms with Crippen LogP contribution in [0.2, 0.25) is 0 Å². The van der Waals surface area contributed by atoms with Crippen LogP contribution in [-0.4, -0.2) is 58.1 Å². The van der Waals surface area contributed by atoms with Gasteiger partial charge in [-0.3, -0.25) is 18.8 Å². The molecule has 0 amide bonds. The van der Waals surface area contributed by atoms with Gasteiger partial charge in [0.05, 0.1) is 14.0 Å². The topological polar surface area (TPSA) is 156 Å². The molecule has 0 aliphatic carbocycles. The number of nitriles is 1. The van der Waals surface area contributed by atoms with Gasteiger partial charge in [-0.15, -0.1) is 0 Å². The molecule has 1 aliphatic rings. The molecule has 1 aliphatic heterocycles. The van der Waals surface area contributed by atoms with E-state index in [1.807, 2.05) is 28.8 Å². The third-order valence-corrected chi connectivity index (χ3v) is 8.18. The molecule has 1 saturated heterocycles. The smallest absolute Gasteiger partial charge is 0.252 e. The van der Waals surface area contributed by atoms with Crippen molar-refractivity contribution >= 4 is 22.8 Å². The largest absolute Gasteiger partial charge is 0.383 e. The minimum Gasteiger partial charge on any atom is -0.383 e. The molecule has 0 bridgehead atoms. The number of alkyl halides is 1. The number of fused-ring (bicyclic) bond motifs is 1. The highest BCUT2D eigenvalue weighted by Gasteiger charge is 2.21. The Hall–Kier alpha value is -6.00. The quantitative estimate of drug-likeness (QED) is 0.245. The van der Waals surface area contributed by atoms with E-state index in [1.54, 1.807) is 36.7 Å². The van der Waals surface area contributed by atoms with Crippen molar-refractivity contribution in [2.24, 2.45) is 0 Å². The molecule has 6 heterocycles. The predicted molar refractivity (Wildman–Crippen MR) is 176 cm³/mol. The lowest BCUT2D eigenvalue weighted by molar-refractivity contribution is 0.211. The summed E-state index contributed by atoms with van der Waals surface area (Å²) in [6, 6.07) is 21.8. The molecule has 0 atom stereocenters. The summed E-state index contributed by atoms with van der Waals surface area (Å²) in [7, 11) is 0. The fraction of sp³-hybridized carbons (Fsp3) is 0.206. The Kier molecular flexibility index (Phi) is 7.43. The van der Waals surface area contributed by atoms with Crippen molar-refractivity contribution in [1.29, 1.82) is 5.26 Å². The van der Waals surface area contributed by atoms with Crippen LogP contribution in [0, 0.1) is 11.3 Å². The van der Waals surface area contributed by atoms with E-state index in [-0.39, 0.29) is 11.9 Å². The second-order valence-corrected chi connectivity index (χ2v) is 11.2. The van der Waals surface area contributed by atoms with Gasteiger partial charge in [0, 0.05) is 61.6 Å². The zero-order valence-corrected chi connectivity index (χ0v) is 25.1. The monoisotopic (exact) mass is 629 g/mol. The van der Waals surface area contributed by atoms with E-state index in [1.165, 1.54) is 6.07 Å². The molecule has 234 valence electrons. The van der Waals surface area contributed by atoms with Gasteiger partial charge in [-0.1, -0.05) is 12.1 Å². The van der Waals surface area contributed by atoms with E-state index >= 15 is 0 Å². The summed E-state index contributed by atoms with van der Waals surface area (Å²) >= 11 is 0. The Balaban J connectivity index is 1.16. The first-order valence-electron chi connectivity index (χ1n) is 16.0. The maximum absolute atomic E-state index is 14.2. The summed E-state index contributed by atoms with van der Waals surface area (Å²) in [6.45, 7) is -0.808. The van der Waals surface area contributed by atoms with Crippen LogP contribution in [0.1, 0.15) is 27.0 Å². The number of nitrogens with one attached hydrogen (secondary N) is 1. The van der Waals surface area contributed by atoms with E-state index in [2.05, 4.69) is 37.3 Å². The summed E-state index contributed by atoms with van der Waals surface area (Å²) in [6.07, 6.45) is 6.17. The number of nitrogen functional groups attached to an aromatic ring is 1. The lowest BCUT2D eigenvalue weighted by atomic mass is 10.0. The third-order valence-electron chi connectivity index (χ3n) is 8.18. The Morgan fingerprint density at radius 1 is 1.00 bits per heavy atom. The van der Waals surface area contributed by atoms with Gasteiger partial charge >= 0.3 is 0 Å². The number of nitrogens with two attached hydrogens (primary N) is 1. The summed E-state index contributed by atoms with van der Waals surface area (Å²) in [5.41, 5.74) is 9.83. The molecule has 7 rings (SSSR count). The second-order valence-electron chi connectivity index (χ2n) is 11.2. The number of likely N-dealkylation sites (tertiary alicyclic amines) is 1. The predicted octanol–water partition coefficient (Wildman–Crippen LogP) is 4.56. The van der Waals surface area contributed by atoms with Gasteiger partial charge in [0.1, 0.15) is 23.2 Å². The number of hydrogen-bond donors (Lipinski definition) is 2. The van der Waals surface area contributed by atoms with Crippen LogP contribution in [0.25, 0.3) is 39.5 Å². The summed E-state index contributed by atoms with van der Waals surface area (Å²) in [5.74, 6) is 1.64. The number of anilines is 2. The van der Waals surface area contributed by atoms with Crippen molar-refractivity contribution in [2.75, 3.05) is 24.1 Å². The molecule has 0 saturated carbocycles. The van der Waals surface area contributed by atoms with E-state index < -0.39 is 12.3 Å². The van der Waals surface area contributed by atoms with Gasteiger partial charge in [-0.05, 0) is 66.9 Å². The number of rotatable bonds is 8. The van der Waals surface area contributed by atoms with Gasteiger partial charge in [-0.25, -0.2) is 29.3 Å². The van der Waals surface area contributed by atoms with Crippen LogP contribution < -0.4 is 16.6 Å². The fourth-order valence-electron chi connectivity index (χ4n) is 5.80. The Bertz CT molecular complexity index is 2250. The third kappa shape index (κ3) is 6.14. The zero-order valence-electron chi connectivity index (χ0n) is 27.1. The number of pyridine rings is 3. The van der Waals surface area contributed by atoms with Crippen molar-refractivity contribution in [3.63, 3.8) is 0 Å². The van der Waals surface area contributed by atoms with E-state index in [9.17, 15) is 9.18 Å². The molecule has 3 N–H and O–H groups in total. The van der Waals surface area contributed by atoms with Gasteiger partial charge in [0.25, 0.3) is 5.56 Å². The van der Waals surface area contributed by atoms with Crippen molar-refractivity contribution in [1.82, 2.24) is 39.0 Å². The Morgan fingerprint density at radius 2 is 1.83 bits per heavy atom. The molecule has 0 radical (unpaired) electrons. The molecule has 12 nitrogen and oxygen atoms in total. The summed E-state index contributed by atoms with van der Waals surface area (Å²) < 4.78 is 31.3. The zero-order chi connectivity index (χ0) is 34.1. The van der Waals surface area contributed by atoms with Crippen LogP contribution in [0.3, 0.4) is 0 Å². The molecule has 5 aromatic heterocycles. The van der Waals surface area contributed by atoms with E-state index in [4.69, 9.17) is 23.7 Å². The van der Waals surface area contributed by atoms with Crippen molar-refractivity contribution in [2.45, 2.75) is 32.2 Å². The number of aromatic nitrogens is 7. The average molecular weight is 630 g/mol. The van der Waals surface area contributed by atoms with Crippen LogP contribution >= 0.6 is 0 Å². The highest BCUT2D eigenvalue weighted by molar-refractivity contribution is 5.84. The number of nitrogens with zero attached hydrogens (tertiary/aromatic N) is 9. The van der Waals surface area contributed by atoms with Gasteiger partial charge in [-0.2, -0.15) is 5.26 Å². The summed E-state index contributed by atoms with van der Waals surface area (Å²) in [4.78, 5) is 36.7. The molecule has 47 heavy (non-hydrogen) atoms.